The lowest BCUT2D eigenvalue weighted by molar-refractivity contribution is 0.0934. The van der Waals surface area contributed by atoms with Crippen LogP contribution in [0.5, 0.6) is 0 Å². The number of carbonyl (C=O) groups excluding carboxylic acids is 2. The minimum atomic E-state index is -0.195. The van der Waals surface area contributed by atoms with Gasteiger partial charge >= 0.3 is 0 Å². The summed E-state index contributed by atoms with van der Waals surface area (Å²) in [5.41, 5.74) is 6.20. The van der Waals surface area contributed by atoms with Gasteiger partial charge < -0.3 is 25.5 Å². The molecule has 1 unspecified atom stereocenters. The number of aliphatic hydroxyl groups excluding tert-OH is 1. The second-order valence-electron chi connectivity index (χ2n) is 10.0. The molecule has 0 radical (unpaired) electrons. The van der Waals surface area contributed by atoms with E-state index in [1.54, 1.807) is 6.07 Å². The van der Waals surface area contributed by atoms with Crippen molar-refractivity contribution in [2.24, 2.45) is 0 Å². The van der Waals surface area contributed by atoms with Gasteiger partial charge in [-0.25, -0.2) is 0 Å². The number of amides is 2. The quantitative estimate of drug-likeness (QED) is 0.376. The molecule has 2 amide bonds. The fraction of sp³-hybridized carbons (Fsp3) is 0.355. The number of nitrogens with one attached hydrogen (secondary N) is 2. The Morgan fingerprint density at radius 3 is 2.37 bits per heavy atom. The first-order chi connectivity index (χ1) is 18.4. The van der Waals surface area contributed by atoms with E-state index in [2.05, 4.69) is 39.6 Å². The number of anilines is 1. The fourth-order valence-electron chi connectivity index (χ4n) is 4.68. The minimum absolute atomic E-state index is 0.0447. The maximum atomic E-state index is 13.3. The van der Waals surface area contributed by atoms with Gasteiger partial charge in [0.25, 0.3) is 11.8 Å². The predicted molar refractivity (Wildman–Crippen MR) is 153 cm³/mol. The average molecular weight is 515 g/mol. The number of aryl methyl sites for hydroxylation is 1. The Morgan fingerprint density at radius 2 is 1.63 bits per heavy atom. The minimum Gasteiger partial charge on any atom is -0.396 e. The Bertz CT molecular complexity index is 1270. The lowest BCUT2D eigenvalue weighted by Crippen LogP contribution is -2.44. The van der Waals surface area contributed by atoms with Gasteiger partial charge in [-0.2, -0.15) is 0 Å². The van der Waals surface area contributed by atoms with Crippen molar-refractivity contribution >= 4 is 17.5 Å². The van der Waals surface area contributed by atoms with Gasteiger partial charge in [0.2, 0.25) is 0 Å². The van der Waals surface area contributed by atoms with Crippen LogP contribution >= 0.6 is 0 Å². The van der Waals surface area contributed by atoms with Gasteiger partial charge in [-0.3, -0.25) is 9.59 Å². The van der Waals surface area contributed by atoms with E-state index in [4.69, 9.17) is 5.11 Å². The summed E-state index contributed by atoms with van der Waals surface area (Å²) in [6, 6.07) is 21.5. The maximum Gasteiger partial charge on any atom is 0.252 e. The maximum absolute atomic E-state index is 13.3. The second-order valence-corrected chi connectivity index (χ2v) is 10.0. The summed E-state index contributed by atoms with van der Waals surface area (Å²) in [5, 5.41) is 14.9. The van der Waals surface area contributed by atoms with Gasteiger partial charge in [0.1, 0.15) is 0 Å². The zero-order chi connectivity index (χ0) is 27.1. The molecule has 0 aromatic heterocycles. The Balaban J connectivity index is 1.47. The van der Waals surface area contributed by atoms with Gasteiger partial charge in [0.15, 0.2) is 0 Å². The molecule has 1 fully saturated rings. The van der Waals surface area contributed by atoms with Crippen LogP contribution < -0.4 is 15.5 Å². The van der Waals surface area contributed by atoms with E-state index in [-0.39, 0.29) is 24.5 Å². The summed E-state index contributed by atoms with van der Waals surface area (Å²) in [7, 11) is 2.14. The third-order valence-corrected chi connectivity index (χ3v) is 7.15. The molecule has 3 aromatic carbocycles. The van der Waals surface area contributed by atoms with Crippen LogP contribution in [0.3, 0.4) is 0 Å². The predicted octanol–water partition coefficient (Wildman–Crippen LogP) is 4.02. The number of benzene rings is 3. The molecular weight excluding hydrogens is 476 g/mol. The van der Waals surface area contributed by atoms with Crippen LogP contribution in [0.25, 0.3) is 11.1 Å². The molecule has 4 rings (SSSR count). The Kier molecular flexibility index (Phi) is 9.15. The monoisotopic (exact) mass is 514 g/mol. The first-order valence-electron chi connectivity index (χ1n) is 13.3. The molecule has 7 heteroatoms. The van der Waals surface area contributed by atoms with E-state index in [9.17, 15) is 9.59 Å². The molecule has 38 heavy (non-hydrogen) atoms. The fourth-order valence-corrected chi connectivity index (χ4v) is 4.68. The highest BCUT2D eigenvalue weighted by Gasteiger charge is 2.19. The number of hydrogen-bond donors (Lipinski definition) is 3. The van der Waals surface area contributed by atoms with Gasteiger partial charge in [-0.1, -0.05) is 36.4 Å². The number of nitrogens with zero attached hydrogens (tertiary/aromatic N) is 2. The number of piperazine rings is 1. The van der Waals surface area contributed by atoms with Gasteiger partial charge in [0, 0.05) is 56.1 Å². The third kappa shape index (κ3) is 6.79. The summed E-state index contributed by atoms with van der Waals surface area (Å²) in [6.45, 7) is 8.38. The van der Waals surface area contributed by atoms with Crippen LogP contribution in [0.2, 0.25) is 0 Å². The van der Waals surface area contributed by atoms with Crippen molar-refractivity contribution in [3.8, 4) is 11.1 Å². The van der Waals surface area contributed by atoms with E-state index in [0.717, 1.165) is 54.1 Å². The smallest absolute Gasteiger partial charge is 0.252 e. The lowest BCUT2D eigenvalue weighted by atomic mass is 9.98. The Hall–Kier alpha value is -3.68. The van der Waals surface area contributed by atoms with Crippen LogP contribution in [0.1, 0.15) is 51.2 Å². The highest BCUT2D eigenvalue weighted by atomic mass is 16.3. The normalized spacial score (nSPS) is 14.7. The zero-order valence-electron chi connectivity index (χ0n) is 22.5. The van der Waals surface area contributed by atoms with Crippen LogP contribution in [-0.4, -0.2) is 68.2 Å². The first-order valence-corrected chi connectivity index (χ1v) is 13.3. The molecule has 1 saturated heterocycles. The number of rotatable bonds is 9. The van der Waals surface area contributed by atoms with Crippen molar-refractivity contribution in [2.75, 3.05) is 51.3 Å². The van der Waals surface area contributed by atoms with Gasteiger partial charge in [-0.15, -0.1) is 0 Å². The molecule has 7 nitrogen and oxygen atoms in total. The Morgan fingerprint density at radius 1 is 0.921 bits per heavy atom. The second kappa shape index (κ2) is 12.7. The summed E-state index contributed by atoms with van der Waals surface area (Å²) in [4.78, 5) is 30.4. The lowest BCUT2D eigenvalue weighted by Gasteiger charge is -2.34. The third-order valence-electron chi connectivity index (χ3n) is 7.15. The van der Waals surface area contributed by atoms with Crippen LogP contribution in [0.15, 0.2) is 66.7 Å². The molecule has 200 valence electrons. The number of aliphatic hydroxyl groups is 1. The van der Waals surface area contributed by atoms with Gasteiger partial charge in [0.05, 0.1) is 6.04 Å². The largest absolute Gasteiger partial charge is 0.396 e. The zero-order valence-corrected chi connectivity index (χ0v) is 22.5. The molecular formula is C31H38N4O3. The van der Waals surface area contributed by atoms with Crippen LogP contribution in [0, 0.1) is 6.92 Å². The molecule has 0 bridgehead atoms. The molecule has 0 spiro atoms. The first kappa shape index (κ1) is 27.4. The summed E-state index contributed by atoms with van der Waals surface area (Å²) < 4.78 is 0. The summed E-state index contributed by atoms with van der Waals surface area (Å²) >= 11 is 0. The Labute approximate surface area is 225 Å². The molecule has 3 N–H and O–H groups in total. The van der Waals surface area contributed by atoms with E-state index in [1.807, 2.05) is 62.4 Å². The molecule has 1 aliphatic heterocycles. The average Bonchev–Trinajstić information content (AvgIpc) is 2.94. The van der Waals surface area contributed by atoms with Crippen molar-refractivity contribution < 1.29 is 14.7 Å². The highest BCUT2D eigenvalue weighted by molar-refractivity contribution is 5.97. The SMILES string of the molecule is Cc1ccc(N2CCN(C)CC2)cc1C(=O)NC(C)c1cccc(-c2cccc(C(=O)NCCCO)c2)c1. The number of carbonyl (C=O) groups is 2. The topological polar surface area (TPSA) is 84.9 Å². The van der Waals surface area contributed by atoms with Crippen LogP contribution in [0.4, 0.5) is 5.69 Å². The van der Waals surface area contributed by atoms with Crippen molar-refractivity contribution in [1.29, 1.82) is 0 Å². The molecule has 3 aromatic rings. The number of hydrogen-bond acceptors (Lipinski definition) is 5. The van der Waals surface area contributed by atoms with E-state index in [1.165, 1.54) is 0 Å². The van der Waals surface area contributed by atoms with E-state index >= 15 is 0 Å². The van der Waals surface area contributed by atoms with Crippen molar-refractivity contribution in [3.05, 3.63) is 89.0 Å². The number of likely N-dealkylation sites (N-methyl/N-ethyl adjacent to an activating group) is 1. The summed E-state index contributed by atoms with van der Waals surface area (Å²) in [6.07, 6.45) is 0.525. The standard InChI is InChI=1S/C31H38N4O3/c1-22-11-12-28(35-16-14-34(3)15-17-35)21-29(22)31(38)33-23(2)24-7-4-8-25(19-24)26-9-5-10-27(20-26)30(37)32-13-6-18-36/h4-5,7-12,19-21,23,36H,6,13-18H2,1-3H3,(H,32,37)(H,33,38). The van der Waals surface area contributed by atoms with Crippen LogP contribution in [-0.2, 0) is 0 Å². The molecule has 0 saturated carbocycles. The van der Waals surface area contributed by atoms with Crippen molar-refractivity contribution in [2.45, 2.75) is 26.3 Å². The molecule has 0 aliphatic carbocycles. The van der Waals surface area contributed by atoms with Gasteiger partial charge in [-0.05, 0) is 79.9 Å². The molecule has 1 atom stereocenters. The van der Waals surface area contributed by atoms with Crippen molar-refractivity contribution in [3.63, 3.8) is 0 Å². The van der Waals surface area contributed by atoms with E-state index < -0.39 is 0 Å². The summed E-state index contributed by atoms with van der Waals surface area (Å²) in [5.74, 6) is -0.246. The van der Waals surface area contributed by atoms with Crippen molar-refractivity contribution in [1.82, 2.24) is 15.5 Å². The molecule has 1 aliphatic rings. The van der Waals surface area contributed by atoms with E-state index in [0.29, 0.717) is 24.1 Å². The highest BCUT2D eigenvalue weighted by Crippen LogP contribution is 2.26. The molecule has 1 heterocycles.